The van der Waals surface area contributed by atoms with Gasteiger partial charge in [0, 0.05) is 34.2 Å². The summed E-state index contributed by atoms with van der Waals surface area (Å²) < 4.78 is 2.80. The first-order valence-corrected chi connectivity index (χ1v) is 9.93. The maximum atomic E-state index is 10.8. The van der Waals surface area contributed by atoms with E-state index in [-0.39, 0.29) is 5.54 Å². The Balaban J connectivity index is 1.87. The molecule has 0 amide bonds. The number of fused-ring (bicyclic) bond motifs is 2. The van der Waals surface area contributed by atoms with E-state index >= 15 is 0 Å². The van der Waals surface area contributed by atoms with Crippen LogP contribution in [-0.4, -0.2) is 49.2 Å². The second-order valence-corrected chi connectivity index (χ2v) is 9.18. The van der Waals surface area contributed by atoms with Crippen LogP contribution >= 0.6 is 28.7 Å². The summed E-state index contributed by atoms with van der Waals surface area (Å²) in [5.74, 6) is 0.838. The van der Waals surface area contributed by atoms with Gasteiger partial charge in [-0.2, -0.15) is 0 Å². The van der Waals surface area contributed by atoms with Gasteiger partial charge in [0.2, 0.25) is 5.96 Å². The molecule has 5 nitrogen and oxygen atoms in total. The lowest BCUT2D eigenvalue weighted by molar-refractivity contribution is 0.0949. The third kappa shape index (κ3) is 2.68. The molecule has 4 rings (SSSR count). The van der Waals surface area contributed by atoms with Crippen LogP contribution in [0.4, 0.5) is 0 Å². The van der Waals surface area contributed by atoms with E-state index < -0.39 is 6.23 Å². The van der Waals surface area contributed by atoms with Crippen LogP contribution in [0.2, 0.25) is 0 Å². The number of benzene rings is 1. The summed E-state index contributed by atoms with van der Waals surface area (Å²) in [6.07, 6.45) is 3.09. The number of nitrogens with zero attached hydrogens (tertiary/aromatic N) is 4. The number of thiol groups is 1. The van der Waals surface area contributed by atoms with E-state index in [1.54, 1.807) is 3.97 Å². The minimum atomic E-state index is -0.689. The molecule has 2 aliphatic heterocycles. The first-order chi connectivity index (χ1) is 12.2. The zero-order valence-corrected chi connectivity index (χ0v) is 17.8. The van der Waals surface area contributed by atoms with Gasteiger partial charge < -0.3 is 14.9 Å². The summed E-state index contributed by atoms with van der Waals surface area (Å²) in [6, 6.07) is 6.38. The molecule has 0 saturated carbocycles. The molecule has 1 aromatic carbocycles. The predicted octanol–water partition coefficient (Wildman–Crippen LogP) is 3.93. The van der Waals surface area contributed by atoms with Gasteiger partial charge in [-0.1, -0.05) is 28.7 Å². The molecule has 1 saturated heterocycles. The number of halogens is 1. The summed E-state index contributed by atoms with van der Waals surface area (Å²) in [5.41, 5.74) is 2.67. The van der Waals surface area contributed by atoms with E-state index in [1.807, 2.05) is 29.3 Å². The van der Waals surface area contributed by atoms with E-state index in [0.717, 1.165) is 39.1 Å². The number of aromatic nitrogens is 1. The molecule has 138 valence electrons. The largest absolute Gasteiger partial charge is 0.370 e. The number of aliphatic hydroxyl groups is 1. The van der Waals surface area contributed by atoms with Gasteiger partial charge in [0.25, 0.3) is 0 Å². The molecular formula is C19H23BrN4OS. The van der Waals surface area contributed by atoms with Crippen molar-refractivity contribution in [2.45, 2.75) is 45.5 Å². The van der Waals surface area contributed by atoms with Gasteiger partial charge in [0.1, 0.15) is 0 Å². The molecule has 1 aromatic heterocycles. The van der Waals surface area contributed by atoms with Crippen molar-refractivity contribution in [3.63, 3.8) is 0 Å². The number of rotatable bonds is 2. The van der Waals surface area contributed by atoms with Crippen molar-refractivity contribution in [2.24, 2.45) is 4.99 Å². The second-order valence-electron chi connectivity index (χ2n) is 7.83. The second kappa shape index (κ2) is 6.04. The standard InChI is InChI=1S/C19H23BrN4OS/c1-11(2)24-18-21-15(8-17(25)22(18)10-19(24,3)4)14-9-23(26)16-6-5-12(20)7-13(14)16/h5-9,11,17,25-26H,10H2,1-4H3. The molecule has 26 heavy (non-hydrogen) atoms. The van der Waals surface area contributed by atoms with Crippen LogP contribution in [-0.2, 0) is 0 Å². The van der Waals surface area contributed by atoms with E-state index in [9.17, 15) is 5.11 Å². The maximum absolute atomic E-state index is 10.8. The average Bonchev–Trinajstić information content (AvgIpc) is 3.00. The fraction of sp³-hybridized carbons (Fsp3) is 0.421. The molecule has 0 radical (unpaired) electrons. The lowest BCUT2D eigenvalue weighted by Gasteiger charge is -2.36. The van der Waals surface area contributed by atoms with Crippen LogP contribution in [0.1, 0.15) is 33.3 Å². The first kappa shape index (κ1) is 17.9. The van der Waals surface area contributed by atoms with Crippen molar-refractivity contribution in [2.75, 3.05) is 6.54 Å². The molecule has 0 bridgehead atoms. The van der Waals surface area contributed by atoms with Crippen molar-refractivity contribution in [1.82, 2.24) is 13.8 Å². The van der Waals surface area contributed by atoms with Crippen molar-refractivity contribution in [3.8, 4) is 0 Å². The fourth-order valence-corrected chi connectivity index (χ4v) is 4.80. The number of hydrogen-bond donors (Lipinski definition) is 2. The Morgan fingerprint density at radius 3 is 2.77 bits per heavy atom. The fourth-order valence-electron chi connectivity index (χ4n) is 4.15. The molecule has 0 aliphatic carbocycles. The summed E-state index contributed by atoms with van der Waals surface area (Å²) in [4.78, 5) is 9.23. The quantitative estimate of drug-likeness (QED) is 0.703. The Kier molecular flexibility index (Phi) is 4.17. The van der Waals surface area contributed by atoms with Crippen LogP contribution in [0.15, 0.2) is 39.9 Å². The van der Waals surface area contributed by atoms with Crippen molar-refractivity contribution in [3.05, 3.63) is 40.5 Å². The summed E-state index contributed by atoms with van der Waals surface area (Å²) in [7, 11) is 0. The SMILES string of the molecule is CC(C)N1C2=NC(c3cn(S)c4ccc(Br)cc34)=CC(O)N2CC1(C)C. The van der Waals surface area contributed by atoms with Crippen molar-refractivity contribution in [1.29, 1.82) is 0 Å². The maximum Gasteiger partial charge on any atom is 0.204 e. The van der Waals surface area contributed by atoms with Crippen molar-refractivity contribution < 1.29 is 5.11 Å². The minimum absolute atomic E-state index is 0.0855. The van der Waals surface area contributed by atoms with Gasteiger partial charge in [-0.25, -0.2) is 4.99 Å². The predicted molar refractivity (Wildman–Crippen MR) is 113 cm³/mol. The smallest absolute Gasteiger partial charge is 0.204 e. The summed E-state index contributed by atoms with van der Waals surface area (Å²) in [6.45, 7) is 9.45. The Hall–Kier alpha value is -1.44. The Bertz CT molecular complexity index is 946. The minimum Gasteiger partial charge on any atom is -0.370 e. The van der Waals surface area contributed by atoms with Crippen molar-refractivity contribution >= 4 is 51.3 Å². The molecule has 2 aliphatic rings. The van der Waals surface area contributed by atoms with Crippen LogP contribution in [0.5, 0.6) is 0 Å². The molecular weight excluding hydrogens is 412 g/mol. The molecule has 1 atom stereocenters. The van der Waals surface area contributed by atoms with Gasteiger partial charge in [-0.15, -0.1) is 0 Å². The highest BCUT2D eigenvalue weighted by molar-refractivity contribution is 9.10. The molecule has 1 unspecified atom stereocenters. The van der Waals surface area contributed by atoms with Gasteiger partial charge >= 0.3 is 0 Å². The zero-order valence-electron chi connectivity index (χ0n) is 15.3. The normalized spacial score (nSPS) is 22.1. The summed E-state index contributed by atoms with van der Waals surface area (Å²) in [5, 5.41) is 11.8. The first-order valence-electron chi connectivity index (χ1n) is 8.74. The average molecular weight is 435 g/mol. The van der Waals surface area contributed by atoms with E-state index in [0.29, 0.717) is 6.04 Å². The highest BCUT2D eigenvalue weighted by Crippen LogP contribution is 2.37. The van der Waals surface area contributed by atoms with Crippen LogP contribution in [0, 0.1) is 0 Å². The monoisotopic (exact) mass is 434 g/mol. The van der Waals surface area contributed by atoms with Gasteiger partial charge in [0.15, 0.2) is 6.23 Å². The number of aliphatic hydroxyl groups excluding tert-OH is 1. The van der Waals surface area contributed by atoms with Gasteiger partial charge in [-0.3, -0.25) is 3.97 Å². The number of hydrogen-bond acceptors (Lipinski definition) is 5. The third-order valence-electron chi connectivity index (χ3n) is 5.07. The molecule has 3 heterocycles. The summed E-state index contributed by atoms with van der Waals surface area (Å²) >= 11 is 8.09. The highest BCUT2D eigenvalue weighted by atomic mass is 79.9. The number of guanidine groups is 1. The zero-order chi connectivity index (χ0) is 18.8. The molecule has 1 fully saturated rings. The van der Waals surface area contributed by atoms with E-state index in [2.05, 4.69) is 67.4 Å². The molecule has 0 spiro atoms. The molecule has 7 heteroatoms. The highest BCUT2D eigenvalue weighted by Gasteiger charge is 2.46. The topological polar surface area (TPSA) is 44.0 Å². The lowest BCUT2D eigenvalue weighted by Crippen LogP contribution is -2.47. The van der Waals surface area contributed by atoms with Gasteiger partial charge in [0.05, 0.1) is 16.8 Å². The van der Waals surface area contributed by atoms with E-state index in [1.165, 1.54) is 0 Å². The van der Waals surface area contributed by atoms with Gasteiger partial charge in [-0.05, 0) is 52.0 Å². The van der Waals surface area contributed by atoms with E-state index in [4.69, 9.17) is 4.99 Å². The third-order valence-corrected chi connectivity index (χ3v) is 5.89. The number of aliphatic imine (C=N–C) groups is 1. The Labute approximate surface area is 167 Å². The molecule has 2 aromatic rings. The van der Waals surface area contributed by atoms with Crippen LogP contribution in [0.25, 0.3) is 16.6 Å². The van der Waals surface area contributed by atoms with Crippen LogP contribution < -0.4 is 0 Å². The molecule has 1 N–H and O–H groups in total. The Morgan fingerprint density at radius 1 is 1.35 bits per heavy atom. The Morgan fingerprint density at radius 2 is 2.08 bits per heavy atom. The van der Waals surface area contributed by atoms with Crippen LogP contribution in [0.3, 0.4) is 0 Å². The lowest BCUT2D eigenvalue weighted by atomic mass is 10.0.